The summed E-state index contributed by atoms with van der Waals surface area (Å²) >= 11 is 0. The summed E-state index contributed by atoms with van der Waals surface area (Å²) in [6.07, 6.45) is 6.75. The summed E-state index contributed by atoms with van der Waals surface area (Å²) < 4.78 is 5.79. The lowest BCUT2D eigenvalue weighted by atomic mass is 9.96. The van der Waals surface area contributed by atoms with Gasteiger partial charge in [0.2, 0.25) is 5.88 Å². The third kappa shape index (κ3) is 3.31. The van der Waals surface area contributed by atoms with Crippen LogP contribution in [0.1, 0.15) is 35.2 Å². The van der Waals surface area contributed by atoms with Crippen LogP contribution in [0.5, 0.6) is 5.88 Å². The van der Waals surface area contributed by atoms with E-state index in [4.69, 9.17) is 4.74 Å². The molecule has 1 aliphatic rings. The molecule has 0 spiro atoms. The average molecular weight is 349 g/mol. The van der Waals surface area contributed by atoms with Crippen molar-refractivity contribution in [1.29, 1.82) is 0 Å². The number of benzene rings is 1. The number of fused-ring (bicyclic) bond motifs is 1. The summed E-state index contributed by atoms with van der Waals surface area (Å²) in [6.45, 7) is 0.357. The minimum Gasteiger partial charge on any atom is -0.474 e. The molecule has 1 aliphatic carbocycles. The maximum atomic E-state index is 12.6. The van der Waals surface area contributed by atoms with Gasteiger partial charge in [-0.05, 0) is 37.0 Å². The molecule has 1 saturated carbocycles. The molecule has 2 heterocycles. The lowest BCUT2D eigenvalue weighted by Gasteiger charge is -2.25. The molecule has 0 unspecified atom stereocenters. The van der Waals surface area contributed by atoms with E-state index in [9.17, 15) is 9.59 Å². The summed E-state index contributed by atoms with van der Waals surface area (Å²) in [5.41, 5.74) is 1.15. The molecule has 2 aromatic heterocycles. The van der Waals surface area contributed by atoms with Crippen LogP contribution in [0.2, 0.25) is 0 Å². The highest BCUT2D eigenvalue weighted by atomic mass is 16.5. The molecule has 0 bridgehead atoms. The van der Waals surface area contributed by atoms with Crippen molar-refractivity contribution in [2.45, 2.75) is 31.9 Å². The SMILES string of the molecule is O=C(NCc1ccnc(OC2CCC2)c1)c1c[nH]c(=O)c2ccccc12. The van der Waals surface area contributed by atoms with Gasteiger partial charge in [-0.25, -0.2) is 4.98 Å². The highest BCUT2D eigenvalue weighted by molar-refractivity contribution is 6.06. The highest BCUT2D eigenvalue weighted by Gasteiger charge is 2.19. The monoisotopic (exact) mass is 349 g/mol. The van der Waals surface area contributed by atoms with Gasteiger partial charge in [-0.1, -0.05) is 18.2 Å². The van der Waals surface area contributed by atoms with Crippen molar-refractivity contribution in [3.63, 3.8) is 0 Å². The van der Waals surface area contributed by atoms with E-state index in [0.29, 0.717) is 28.8 Å². The first-order chi connectivity index (χ1) is 12.7. The van der Waals surface area contributed by atoms with Gasteiger partial charge in [-0.15, -0.1) is 0 Å². The Balaban J connectivity index is 1.48. The number of hydrogen-bond acceptors (Lipinski definition) is 4. The van der Waals surface area contributed by atoms with Crippen LogP contribution in [-0.2, 0) is 6.54 Å². The Morgan fingerprint density at radius 2 is 2.04 bits per heavy atom. The van der Waals surface area contributed by atoms with Crippen LogP contribution in [0.3, 0.4) is 0 Å². The van der Waals surface area contributed by atoms with E-state index >= 15 is 0 Å². The molecule has 0 aliphatic heterocycles. The van der Waals surface area contributed by atoms with Gasteiger partial charge >= 0.3 is 0 Å². The first kappa shape index (κ1) is 16.3. The number of H-pyrrole nitrogens is 1. The van der Waals surface area contributed by atoms with Crippen LogP contribution in [0, 0.1) is 0 Å². The van der Waals surface area contributed by atoms with Crippen LogP contribution in [-0.4, -0.2) is 22.0 Å². The predicted molar refractivity (Wildman–Crippen MR) is 98.2 cm³/mol. The number of pyridine rings is 2. The number of ether oxygens (including phenoxy) is 1. The third-order valence-corrected chi connectivity index (χ3v) is 4.65. The number of aromatic nitrogens is 2. The van der Waals surface area contributed by atoms with Crippen LogP contribution in [0.4, 0.5) is 0 Å². The summed E-state index contributed by atoms with van der Waals surface area (Å²) in [4.78, 5) is 31.3. The zero-order chi connectivity index (χ0) is 17.9. The summed E-state index contributed by atoms with van der Waals surface area (Å²) in [7, 11) is 0. The minimum absolute atomic E-state index is 0.205. The number of carbonyl (C=O) groups excluding carboxylic acids is 1. The van der Waals surface area contributed by atoms with Crippen molar-refractivity contribution in [2.75, 3.05) is 0 Å². The fourth-order valence-electron chi connectivity index (χ4n) is 2.96. The second-order valence-corrected chi connectivity index (χ2v) is 6.43. The number of hydrogen-bond donors (Lipinski definition) is 2. The number of nitrogens with one attached hydrogen (secondary N) is 2. The van der Waals surface area contributed by atoms with Crippen LogP contribution >= 0.6 is 0 Å². The van der Waals surface area contributed by atoms with Gasteiger partial charge in [-0.3, -0.25) is 9.59 Å². The topological polar surface area (TPSA) is 84.1 Å². The van der Waals surface area contributed by atoms with Gasteiger partial charge in [0, 0.05) is 35.8 Å². The largest absolute Gasteiger partial charge is 0.474 e. The molecular formula is C20H19N3O3. The van der Waals surface area contributed by atoms with Crippen molar-refractivity contribution >= 4 is 16.7 Å². The quantitative estimate of drug-likeness (QED) is 0.742. The lowest BCUT2D eigenvalue weighted by molar-refractivity contribution is 0.0951. The molecule has 2 N–H and O–H groups in total. The number of rotatable bonds is 5. The maximum Gasteiger partial charge on any atom is 0.255 e. The van der Waals surface area contributed by atoms with Crippen molar-refractivity contribution in [3.8, 4) is 5.88 Å². The van der Waals surface area contributed by atoms with E-state index in [-0.39, 0.29) is 17.6 Å². The van der Waals surface area contributed by atoms with Crippen molar-refractivity contribution in [1.82, 2.24) is 15.3 Å². The van der Waals surface area contributed by atoms with Crippen LogP contribution in [0.15, 0.2) is 53.6 Å². The molecule has 6 heteroatoms. The van der Waals surface area contributed by atoms with Gasteiger partial charge < -0.3 is 15.0 Å². The van der Waals surface area contributed by atoms with Gasteiger partial charge in [0.15, 0.2) is 0 Å². The van der Waals surface area contributed by atoms with Gasteiger partial charge in [0.05, 0.1) is 5.56 Å². The molecular weight excluding hydrogens is 330 g/mol. The second kappa shape index (κ2) is 7.00. The minimum atomic E-state index is -0.240. The summed E-state index contributed by atoms with van der Waals surface area (Å²) in [5, 5.41) is 4.03. The standard InChI is InChI=1S/C20H19N3O3/c24-19-16-7-2-1-6-15(16)17(12-23-19)20(25)22-11-13-8-9-21-18(10-13)26-14-4-3-5-14/h1-2,6-10,12,14H,3-5,11H2,(H,22,25)(H,23,24). The third-order valence-electron chi connectivity index (χ3n) is 4.65. The van der Waals surface area contributed by atoms with E-state index < -0.39 is 0 Å². The van der Waals surface area contributed by atoms with Crippen LogP contribution in [0.25, 0.3) is 10.8 Å². The van der Waals surface area contributed by atoms with Crippen molar-refractivity contribution < 1.29 is 9.53 Å². The molecule has 1 amide bonds. The van der Waals surface area contributed by atoms with Gasteiger partial charge in [0.25, 0.3) is 11.5 Å². The molecule has 0 radical (unpaired) electrons. The molecule has 0 saturated heterocycles. The Bertz CT molecular complexity index is 1010. The maximum absolute atomic E-state index is 12.6. The van der Waals surface area contributed by atoms with E-state index in [1.165, 1.54) is 12.6 Å². The van der Waals surface area contributed by atoms with E-state index in [0.717, 1.165) is 18.4 Å². The summed E-state index contributed by atoms with van der Waals surface area (Å²) in [6, 6.07) is 10.8. The Morgan fingerprint density at radius 3 is 2.81 bits per heavy atom. The number of amides is 1. The first-order valence-corrected chi connectivity index (χ1v) is 8.71. The zero-order valence-corrected chi connectivity index (χ0v) is 14.2. The molecule has 0 atom stereocenters. The molecule has 1 aromatic carbocycles. The highest BCUT2D eigenvalue weighted by Crippen LogP contribution is 2.24. The van der Waals surface area contributed by atoms with E-state index in [1.807, 2.05) is 18.2 Å². The van der Waals surface area contributed by atoms with Crippen molar-refractivity contribution in [3.05, 3.63) is 70.3 Å². The molecule has 3 aromatic rings. The molecule has 4 rings (SSSR count). The number of aromatic amines is 1. The Labute approximate surface area is 150 Å². The fourth-order valence-corrected chi connectivity index (χ4v) is 2.96. The number of carbonyl (C=O) groups is 1. The lowest BCUT2D eigenvalue weighted by Crippen LogP contribution is -2.26. The Hall–Kier alpha value is -3.15. The van der Waals surface area contributed by atoms with Gasteiger partial charge in [-0.2, -0.15) is 0 Å². The smallest absolute Gasteiger partial charge is 0.255 e. The summed E-state index contributed by atoms with van der Waals surface area (Å²) in [5.74, 6) is 0.353. The zero-order valence-electron chi connectivity index (χ0n) is 14.2. The second-order valence-electron chi connectivity index (χ2n) is 6.43. The van der Waals surface area contributed by atoms with E-state index in [2.05, 4.69) is 15.3 Å². The molecule has 26 heavy (non-hydrogen) atoms. The van der Waals surface area contributed by atoms with Crippen molar-refractivity contribution in [2.24, 2.45) is 0 Å². The van der Waals surface area contributed by atoms with Crippen LogP contribution < -0.4 is 15.6 Å². The van der Waals surface area contributed by atoms with E-state index in [1.54, 1.807) is 24.4 Å². The normalized spacial score (nSPS) is 14.0. The molecule has 132 valence electrons. The average Bonchev–Trinajstić information content (AvgIpc) is 2.64. The molecule has 1 fully saturated rings. The Kier molecular flexibility index (Phi) is 4.39. The Morgan fingerprint density at radius 1 is 1.23 bits per heavy atom. The first-order valence-electron chi connectivity index (χ1n) is 8.71. The molecule has 6 nitrogen and oxygen atoms in total. The van der Waals surface area contributed by atoms with Gasteiger partial charge in [0.1, 0.15) is 6.10 Å². The number of nitrogens with zero attached hydrogens (tertiary/aromatic N) is 1. The fraction of sp³-hybridized carbons (Fsp3) is 0.250. The predicted octanol–water partition coefficient (Wildman–Crippen LogP) is 2.78.